The fourth-order valence-corrected chi connectivity index (χ4v) is 2.86. The topological polar surface area (TPSA) is 51.2 Å². The molecule has 4 heteroatoms. The Bertz CT molecular complexity index is 440. The molecule has 0 aromatic carbocycles. The Hall–Kier alpha value is -1.42. The van der Waals surface area contributed by atoms with Crippen LogP contribution >= 0.6 is 0 Å². The molecular formula is C16H24N2O2. The normalized spacial score (nSPS) is 18.3. The first kappa shape index (κ1) is 15.0. The highest BCUT2D eigenvalue weighted by molar-refractivity contribution is 5.78. The van der Waals surface area contributed by atoms with Crippen LogP contribution in [0, 0.1) is 6.92 Å². The Kier molecular flexibility index (Phi) is 5.53. The van der Waals surface area contributed by atoms with Crippen molar-refractivity contribution in [2.24, 2.45) is 0 Å². The van der Waals surface area contributed by atoms with Gasteiger partial charge in [-0.15, -0.1) is 0 Å². The van der Waals surface area contributed by atoms with Crippen LogP contribution in [0.3, 0.4) is 0 Å². The van der Waals surface area contributed by atoms with E-state index in [9.17, 15) is 4.79 Å². The number of hydrogen-bond acceptors (Lipinski definition) is 4. The molecule has 1 N–H and O–H groups in total. The lowest BCUT2D eigenvalue weighted by molar-refractivity contribution is -0.143. The average Bonchev–Trinajstić information content (AvgIpc) is 2.73. The summed E-state index contributed by atoms with van der Waals surface area (Å²) >= 11 is 0. The quantitative estimate of drug-likeness (QED) is 0.678. The molecule has 2 rings (SSSR count). The van der Waals surface area contributed by atoms with Crippen molar-refractivity contribution >= 4 is 5.97 Å². The molecule has 0 spiro atoms. The lowest BCUT2D eigenvalue weighted by Gasteiger charge is -2.24. The third-order valence-electron chi connectivity index (χ3n) is 4.08. The van der Waals surface area contributed by atoms with E-state index in [1.165, 1.54) is 32.8 Å². The molecular weight excluding hydrogens is 252 g/mol. The second kappa shape index (κ2) is 7.39. The summed E-state index contributed by atoms with van der Waals surface area (Å²) in [4.78, 5) is 16.3. The first-order chi connectivity index (χ1) is 9.72. The molecule has 1 fully saturated rings. The number of nitrogens with one attached hydrogen (secondary N) is 1. The minimum atomic E-state index is -0.406. The van der Waals surface area contributed by atoms with Gasteiger partial charge >= 0.3 is 5.97 Å². The summed E-state index contributed by atoms with van der Waals surface area (Å²) in [5.74, 6) is -0.231. The lowest BCUT2D eigenvalue weighted by Crippen LogP contribution is -2.37. The number of carbonyl (C=O) groups excluding carboxylic acids is 1. The zero-order valence-electron chi connectivity index (χ0n) is 12.4. The van der Waals surface area contributed by atoms with Gasteiger partial charge in [-0.1, -0.05) is 25.7 Å². The Labute approximate surface area is 120 Å². The molecule has 1 aromatic heterocycles. The molecule has 1 heterocycles. The van der Waals surface area contributed by atoms with Crippen LogP contribution in [0.2, 0.25) is 0 Å². The Morgan fingerprint density at radius 2 is 2.05 bits per heavy atom. The number of esters is 1. The van der Waals surface area contributed by atoms with Crippen molar-refractivity contribution in [1.29, 1.82) is 0 Å². The maximum atomic E-state index is 12.1. The highest BCUT2D eigenvalue weighted by atomic mass is 16.5. The van der Waals surface area contributed by atoms with Gasteiger partial charge in [0.25, 0.3) is 0 Å². The van der Waals surface area contributed by atoms with Gasteiger partial charge in [-0.25, -0.2) is 4.79 Å². The Balaban J connectivity index is 2.15. The molecule has 0 amide bonds. The van der Waals surface area contributed by atoms with E-state index in [1.54, 1.807) is 12.4 Å². The maximum Gasteiger partial charge on any atom is 0.327 e. The van der Waals surface area contributed by atoms with E-state index in [0.29, 0.717) is 6.04 Å². The van der Waals surface area contributed by atoms with Gasteiger partial charge in [0.2, 0.25) is 0 Å². The van der Waals surface area contributed by atoms with Crippen molar-refractivity contribution in [3.63, 3.8) is 0 Å². The summed E-state index contributed by atoms with van der Waals surface area (Å²) in [5.41, 5.74) is 1.99. The van der Waals surface area contributed by atoms with Crippen molar-refractivity contribution in [3.05, 3.63) is 29.6 Å². The molecule has 1 aromatic rings. The van der Waals surface area contributed by atoms with E-state index < -0.39 is 6.04 Å². The monoisotopic (exact) mass is 276 g/mol. The van der Waals surface area contributed by atoms with Crippen LogP contribution in [-0.2, 0) is 9.53 Å². The summed E-state index contributed by atoms with van der Waals surface area (Å²) in [6.45, 7) is 2.00. The van der Waals surface area contributed by atoms with Gasteiger partial charge in [0.15, 0.2) is 0 Å². The Morgan fingerprint density at radius 3 is 2.65 bits per heavy atom. The first-order valence-electron chi connectivity index (χ1n) is 7.46. The van der Waals surface area contributed by atoms with Crippen LogP contribution in [0.25, 0.3) is 0 Å². The predicted octanol–water partition coefficient (Wildman–Crippen LogP) is 2.92. The number of rotatable bonds is 4. The fraction of sp³-hybridized carbons (Fsp3) is 0.625. The van der Waals surface area contributed by atoms with Gasteiger partial charge in [0, 0.05) is 24.0 Å². The minimum Gasteiger partial charge on any atom is -0.468 e. The van der Waals surface area contributed by atoms with Gasteiger partial charge in [0.05, 0.1) is 7.11 Å². The zero-order valence-corrected chi connectivity index (χ0v) is 12.4. The van der Waals surface area contributed by atoms with Gasteiger partial charge < -0.3 is 4.74 Å². The van der Waals surface area contributed by atoms with E-state index in [2.05, 4.69) is 10.3 Å². The molecule has 110 valence electrons. The molecule has 0 saturated heterocycles. The number of aryl methyl sites for hydroxylation is 1. The molecule has 1 aliphatic rings. The van der Waals surface area contributed by atoms with Gasteiger partial charge in [-0.05, 0) is 31.4 Å². The van der Waals surface area contributed by atoms with Gasteiger partial charge in [0.1, 0.15) is 6.04 Å². The minimum absolute atomic E-state index is 0.231. The summed E-state index contributed by atoms with van der Waals surface area (Å²) < 4.78 is 4.97. The number of ether oxygens (including phenoxy) is 1. The summed E-state index contributed by atoms with van der Waals surface area (Å²) in [6, 6.07) is 1.91. The van der Waals surface area contributed by atoms with Crippen molar-refractivity contribution in [2.45, 2.75) is 57.5 Å². The van der Waals surface area contributed by atoms with E-state index in [4.69, 9.17) is 4.74 Å². The molecule has 0 radical (unpaired) electrons. The second-order valence-corrected chi connectivity index (χ2v) is 5.54. The number of nitrogens with zero attached hydrogens (tertiary/aromatic N) is 1. The van der Waals surface area contributed by atoms with Crippen LogP contribution in [0.1, 0.15) is 55.7 Å². The number of pyridine rings is 1. The summed E-state index contributed by atoms with van der Waals surface area (Å²) in [7, 11) is 1.44. The maximum absolute atomic E-state index is 12.1. The van der Waals surface area contributed by atoms with E-state index in [0.717, 1.165) is 24.0 Å². The van der Waals surface area contributed by atoms with Crippen molar-refractivity contribution in [2.75, 3.05) is 7.11 Å². The predicted molar refractivity (Wildman–Crippen MR) is 78.4 cm³/mol. The van der Waals surface area contributed by atoms with E-state index in [-0.39, 0.29) is 5.97 Å². The van der Waals surface area contributed by atoms with Crippen molar-refractivity contribution in [3.8, 4) is 0 Å². The van der Waals surface area contributed by atoms with Crippen LogP contribution in [0.5, 0.6) is 0 Å². The average molecular weight is 276 g/mol. The molecule has 4 nitrogen and oxygen atoms in total. The molecule has 1 saturated carbocycles. The second-order valence-electron chi connectivity index (χ2n) is 5.54. The smallest absolute Gasteiger partial charge is 0.327 e. The molecule has 1 unspecified atom stereocenters. The standard InChI is InChI=1S/C16H24N2O2/c1-12-9-10-17-11-14(12)15(16(19)20-2)18-13-7-5-3-4-6-8-13/h9-11,13,15,18H,3-8H2,1-2H3. The highest BCUT2D eigenvalue weighted by Gasteiger charge is 2.26. The van der Waals surface area contributed by atoms with Gasteiger partial charge in [-0.2, -0.15) is 0 Å². The molecule has 0 bridgehead atoms. The van der Waals surface area contributed by atoms with E-state index >= 15 is 0 Å². The Morgan fingerprint density at radius 1 is 1.35 bits per heavy atom. The van der Waals surface area contributed by atoms with Crippen LogP contribution in [0.15, 0.2) is 18.5 Å². The number of methoxy groups -OCH3 is 1. The van der Waals surface area contributed by atoms with Crippen LogP contribution in [0.4, 0.5) is 0 Å². The highest BCUT2D eigenvalue weighted by Crippen LogP contribution is 2.23. The van der Waals surface area contributed by atoms with Crippen molar-refractivity contribution < 1.29 is 9.53 Å². The number of carbonyl (C=O) groups is 1. The molecule has 20 heavy (non-hydrogen) atoms. The fourth-order valence-electron chi connectivity index (χ4n) is 2.86. The zero-order chi connectivity index (χ0) is 14.4. The third-order valence-corrected chi connectivity index (χ3v) is 4.08. The number of hydrogen-bond donors (Lipinski definition) is 1. The molecule has 1 aliphatic carbocycles. The van der Waals surface area contributed by atoms with Crippen LogP contribution in [-0.4, -0.2) is 24.1 Å². The van der Waals surface area contributed by atoms with Gasteiger partial charge in [-0.3, -0.25) is 10.3 Å². The largest absolute Gasteiger partial charge is 0.468 e. The summed E-state index contributed by atoms with van der Waals surface area (Å²) in [5, 5.41) is 3.49. The molecule has 1 atom stereocenters. The first-order valence-corrected chi connectivity index (χ1v) is 7.46. The van der Waals surface area contributed by atoms with Crippen molar-refractivity contribution in [1.82, 2.24) is 10.3 Å². The SMILES string of the molecule is COC(=O)C(NC1CCCCCC1)c1cnccc1C. The molecule has 0 aliphatic heterocycles. The third kappa shape index (κ3) is 3.79. The summed E-state index contributed by atoms with van der Waals surface area (Å²) in [6.07, 6.45) is 10.8. The number of aromatic nitrogens is 1. The van der Waals surface area contributed by atoms with Crippen LogP contribution < -0.4 is 5.32 Å². The van der Waals surface area contributed by atoms with E-state index in [1.807, 2.05) is 13.0 Å². The lowest BCUT2D eigenvalue weighted by atomic mass is 10.0.